The van der Waals surface area contributed by atoms with Crippen LogP contribution in [0.25, 0.3) is 0 Å². The third-order valence-electron chi connectivity index (χ3n) is 2.71. The molecule has 20 heavy (non-hydrogen) atoms. The van der Waals surface area contributed by atoms with Crippen LogP contribution in [0.15, 0.2) is 35.7 Å². The second-order valence-corrected chi connectivity index (χ2v) is 6.09. The van der Waals surface area contributed by atoms with E-state index < -0.39 is 21.7 Å². The van der Waals surface area contributed by atoms with Crippen molar-refractivity contribution in [2.75, 3.05) is 6.54 Å². The van der Waals surface area contributed by atoms with Gasteiger partial charge in [0.15, 0.2) is 0 Å². The molecule has 7 heteroatoms. The van der Waals surface area contributed by atoms with Crippen LogP contribution in [0.5, 0.6) is 0 Å². The Kier molecular flexibility index (Phi) is 5.02. The Morgan fingerprint density at radius 3 is 2.50 bits per heavy atom. The summed E-state index contributed by atoms with van der Waals surface area (Å²) >= 11 is 0. The summed E-state index contributed by atoms with van der Waals surface area (Å²) < 4.78 is 36.1. The van der Waals surface area contributed by atoms with Gasteiger partial charge in [-0.3, -0.25) is 4.79 Å². The number of sulfonamides is 1. The van der Waals surface area contributed by atoms with Crippen molar-refractivity contribution >= 4 is 15.9 Å². The highest BCUT2D eigenvalue weighted by Crippen LogP contribution is 2.17. The number of primary sulfonamides is 1. The number of carbonyl (C=O) groups is 1. The minimum absolute atomic E-state index is 0.141. The van der Waals surface area contributed by atoms with E-state index in [0.29, 0.717) is 0 Å². The lowest BCUT2D eigenvalue weighted by molar-refractivity contribution is 0.0724. The van der Waals surface area contributed by atoms with Crippen LogP contribution in [0.1, 0.15) is 24.2 Å². The molecule has 1 aromatic rings. The zero-order valence-corrected chi connectivity index (χ0v) is 12.2. The Balaban J connectivity index is 3.20. The van der Waals surface area contributed by atoms with Crippen molar-refractivity contribution in [2.24, 2.45) is 5.14 Å². The molecule has 0 bridgehead atoms. The average molecular weight is 300 g/mol. The number of benzene rings is 1. The summed E-state index contributed by atoms with van der Waals surface area (Å²) in [6, 6.07) is 2.83. The summed E-state index contributed by atoms with van der Waals surface area (Å²) in [5, 5.41) is 4.90. The highest BCUT2D eigenvalue weighted by Gasteiger charge is 2.22. The number of halogens is 1. The van der Waals surface area contributed by atoms with Gasteiger partial charge in [-0.1, -0.05) is 6.08 Å². The van der Waals surface area contributed by atoms with Crippen LogP contribution in [-0.2, 0) is 10.0 Å². The zero-order valence-electron chi connectivity index (χ0n) is 11.3. The predicted molar refractivity (Wildman–Crippen MR) is 74.1 cm³/mol. The van der Waals surface area contributed by atoms with Gasteiger partial charge in [-0.2, -0.15) is 0 Å². The number of rotatable bonds is 5. The Morgan fingerprint density at radius 1 is 1.50 bits per heavy atom. The van der Waals surface area contributed by atoms with Crippen molar-refractivity contribution in [3.63, 3.8) is 0 Å². The number of nitrogens with zero attached hydrogens (tertiary/aromatic N) is 1. The summed E-state index contributed by atoms with van der Waals surface area (Å²) in [6.07, 6.45) is 1.54. The fraction of sp³-hybridized carbons (Fsp3) is 0.308. The first-order valence-electron chi connectivity index (χ1n) is 5.92. The molecule has 0 heterocycles. The summed E-state index contributed by atoms with van der Waals surface area (Å²) in [5.41, 5.74) is -0.201. The molecule has 1 amide bonds. The van der Waals surface area contributed by atoms with E-state index in [1.54, 1.807) is 13.8 Å². The Morgan fingerprint density at radius 2 is 2.10 bits per heavy atom. The molecule has 0 aromatic heterocycles. The quantitative estimate of drug-likeness (QED) is 0.837. The van der Waals surface area contributed by atoms with Crippen LogP contribution >= 0.6 is 0 Å². The maximum Gasteiger partial charge on any atom is 0.257 e. The molecule has 1 rings (SSSR count). The molecule has 1 aromatic carbocycles. The van der Waals surface area contributed by atoms with Crippen LogP contribution in [0.4, 0.5) is 4.39 Å². The molecule has 0 saturated heterocycles. The van der Waals surface area contributed by atoms with E-state index in [1.165, 1.54) is 11.0 Å². The molecule has 0 fully saturated rings. The first-order valence-corrected chi connectivity index (χ1v) is 7.47. The Bertz CT molecular complexity index is 627. The maximum absolute atomic E-state index is 13.9. The van der Waals surface area contributed by atoms with Crippen molar-refractivity contribution in [2.45, 2.75) is 24.8 Å². The zero-order chi connectivity index (χ0) is 15.5. The van der Waals surface area contributed by atoms with Crippen molar-refractivity contribution < 1.29 is 17.6 Å². The van der Waals surface area contributed by atoms with Gasteiger partial charge in [0.2, 0.25) is 10.0 Å². The largest absolute Gasteiger partial charge is 0.332 e. The number of nitrogens with two attached hydrogens (primary N) is 1. The van der Waals surface area contributed by atoms with Crippen molar-refractivity contribution in [1.29, 1.82) is 0 Å². The minimum atomic E-state index is -4.00. The molecule has 2 N–H and O–H groups in total. The molecule has 0 aliphatic heterocycles. The average Bonchev–Trinajstić information content (AvgIpc) is 2.33. The maximum atomic E-state index is 13.9. The highest BCUT2D eigenvalue weighted by atomic mass is 32.2. The monoisotopic (exact) mass is 300 g/mol. The molecule has 0 spiro atoms. The number of hydrogen-bond acceptors (Lipinski definition) is 3. The molecule has 0 unspecified atom stereocenters. The van der Waals surface area contributed by atoms with Gasteiger partial charge in [0, 0.05) is 12.6 Å². The van der Waals surface area contributed by atoms with E-state index in [2.05, 4.69) is 6.58 Å². The van der Waals surface area contributed by atoms with Gasteiger partial charge in [-0.25, -0.2) is 17.9 Å². The first-order chi connectivity index (χ1) is 9.18. The second-order valence-electron chi connectivity index (χ2n) is 4.53. The summed E-state index contributed by atoms with van der Waals surface area (Å²) in [5.74, 6) is -1.45. The van der Waals surface area contributed by atoms with Gasteiger partial charge in [0.25, 0.3) is 5.91 Å². The van der Waals surface area contributed by atoms with E-state index in [9.17, 15) is 17.6 Å². The molecular weight excluding hydrogens is 283 g/mol. The summed E-state index contributed by atoms with van der Waals surface area (Å²) in [6.45, 7) is 7.39. The summed E-state index contributed by atoms with van der Waals surface area (Å²) in [7, 11) is -4.00. The van der Waals surface area contributed by atoms with Crippen LogP contribution in [0.3, 0.4) is 0 Å². The van der Waals surface area contributed by atoms with Crippen LogP contribution < -0.4 is 5.14 Å². The van der Waals surface area contributed by atoms with Crippen molar-refractivity contribution in [3.8, 4) is 0 Å². The van der Waals surface area contributed by atoms with Crippen LogP contribution in [0.2, 0.25) is 0 Å². The fourth-order valence-electron chi connectivity index (χ4n) is 1.67. The molecule has 0 radical (unpaired) electrons. The van der Waals surface area contributed by atoms with Crippen molar-refractivity contribution in [1.82, 2.24) is 4.90 Å². The molecule has 0 aliphatic rings. The van der Waals surface area contributed by atoms with Gasteiger partial charge in [-0.15, -0.1) is 6.58 Å². The molecule has 110 valence electrons. The Hall–Kier alpha value is -1.73. The fourth-order valence-corrected chi connectivity index (χ4v) is 2.19. The molecule has 0 aliphatic carbocycles. The third-order valence-corrected chi connectivity index (χ3v) is 3.62. The number of amides is 1. The normalized spacial score (nSPS) is 11.4. The first kappa shape index (κ1) is 16.3. The lowest BCUT2D eigenvalue weighted by Crippen LogP contribution is -2.37. The highest BCUT2D eigenvalue weighted by molar-refractivity contribution is 7.89. The smallest absolute Gasteiger partial charge is 0.257 e. The van der Waals surface area contributed by atoms with E-state index in [4.69, 9.17) is 5.14 Å². The lowest BCUT2D eigenvalue weighted by Gasteiger charge is -2.25. The molecule has 5 nitrogen and oxygen atoms in total. The van der Waals surface area contributed by atoms with Gasteiger partial charge < -0.3 is 4.90 Å². The third kappa shape index (κ3) is 3.64. The topological polar surface area (TPSA) is 80.5 Å². The van der Waals surface area contributed by atoms with Gasteiger partial charge in [0.05, 0.1) is 10.5 Å². The van der Waals surface area contributed by atoms with Gasteiger partial charge >= 0.3 is 0 Å². The molecule has 0 atom stereocenters. The van der Waals surface area contributed by atoms with E-state index in [-0.39, 0.29) is 23.0 Å². The van der Waals surface area contributed by atoms with E-state index in [0.717, 1.165) is 18.2 Å². The molecule has 0 saturated carbocycles. The second kappa shape index (κ2) is 6.15. The van der Waals surface area contributed by atoms with Crippen molar-refractivity contribution in [3.05, 3.63) is 42.2 Å². The predicted octanol–water partition coefficient (Wildman–Crippen LogP) is 1.51. The van der Waals surface area contributed by atoms with Crippen LogP contribution in [-0.4, -0.2) is 31.8 Å². The van der Waals surface area contributed by atoms with Gasteiger partial charge in [0.1, 0.15) is 5.82 Å². The van der Waals surface area contributed by atoms with Crippen LogP contribution in [0, 0.1) is 5.82 Å². The summed E-state index contributed by atoms with van der Waals surface area (Å²) in [4.78, 5) is 13.3. The SMILES string of the molecule is C=CCN(C(=O)c1ccc(S(N)(=O)=O)cc1F)C(C)C. The number of carbonyl (C=O) groups excluding carboxylic acids is 1. The van der Waals surface area contributed by atoms with E-state index in [1.807, 2.05) is 0 Å². The standard InChI is InChI=1S/C13H17FN2O3S/c1-4-7-16(9(2)3)13(17)11-6-5-10(8-12(11)14)20(15,18)19/h4-6,8-9H,1,7H2,2-3H3,(H2,15,18,19). The lowest BCUT2D eigenvalue weighted by atomic mass is 10.1. The Labute approximate surface area is 117 Å². The number of hydrogen-bond donors (Lipinski definition) is 1. The molecular formula is C13H17FN2O3S. The van der Waals surface area contributed by atoms with Gasteiger partial charge in [-0.05, 0) is 32.0 Å². The minimum Gasteiger partial charge on any atom is -0.332 e. The van der Waals surface area contributed by atoms with E-state index >= 15 is 0 Å².